The fourth-order valence-electron chi connectivity index (χ4n) is 1.76. The molecule has 0 fully saturated rings. The third-order valence-electron chi connectivity index (χ3n) is 2.94. The van der Waals surface area contributed by atoms with Gasteiger partial charge in [-0.15, -0.1) is 0 Å². The summed E-state index contributed by atoms with van der Waals surface area (Å²) in [7, 11) is 0. The summed E-state index contributed by atoms with van der Waals surface area (Å²) in [5.74, 6) is -3.69. The topological polar surface area (TPSA) is 130 Å². The van der Waals surface area contributed by atoms with Crippen molar-refractivity contribution in [2.24, 2.45) is 0 Å². The van der Waals surface area contributed by atoms with Crippen molar-refractivity contribution in [3.63, 3.8) is 0 Å². The Bertz CT molecular complexity index is 843. The van der Waals surface area contributed by atoms with E-state index in [2.05, 4.69) is 4.74 Å². The minimum atomic E-state index is -1.29. The average Bonchev–Trinajstić information content (AvgIpc) is 2.54. The van der Waals surface area contributed by atoms with E-state index >= 15 is 0 Å². The number of carbonyl (C=O) groups is 2. The SMILES string of the molecule is O=C(OC(=O)c1ccc(Cl)c([N+](=O)[O-])c1)c1ccc(F)c([N+](=O)[O-])c1. The second-order valence-electron chi connectivity index (χ2n) is 4.52. The molecule has 0 aliphatic rings. The minimum Gasteiger partial charge on any atom is -0.386 e. The molecule has 9 nitrogen and oxygen atoms in total. The Hall–Kier alpha value is -3.40. The number of esters is 2. The van der Waals surface area contributed by atoms with Crippen LogP contribution >= 0.6 is 11.6 Å². The van der Waals surface area contributed by atoms with E-state index in [0.29, 0.717) is 12.1 Å². The molecule has 0 bridgehead atoms. The number of nitro groups is 2. The number of halogens is 2. The van der Waals surface area contributed by atoms with Crippen molar-refractivity contribution in [2.45, 2.75) is 0 Å². The maximum atomic E-state index is 13.2. The zero-order valence-electron chi connectivity index (χ0n) is 12.0. The second-order valence-corrected chi connectivity index (χ2v) is 4.93. The van der Waals surface area contributed by atoms with Gasteiger partial charge in [0.15, 0.2) is 0 Å². The Morgan fingerprint density at radius 2 is 1.40 bits per heavy atom. The van der Waals surface area contributed by atoms with Crippen molar-refractivity contribution in [2.75, 3.05) is 0 Å². The Morgan fingerprint density at radius 3 is 1.92 bits per heavy atom. The molecule has 0 aliphatic carbocycles. The van der Waals surface area contributed by atoms with Gasteiger partial charge in [0.25, 0.3) is 5.69 Å². The van der Waals surface area contributed by atoms with Crippen LogP contribution in [0.15, 0.2) is 36.4 Å². The van der Waals surface area contributed by atoms with Gasteiger partial charge in [-0.2, -0.15) is 4.39 Å². The van der Waals surface area contributed by atoms with E-state index < -0.39 is 44.5 Å². The van der Waals surface area contributed by atoms with Crippen molar-refractivity contribution < 1.29 is 28.6 Å². The molecule has 11 heteroatoms. The number of rotatable bonds is 4. The van der Waals surface area contributed by atoms with E-state index in [1.807, 2.05) is 0 Å². The van der Waals surface area contributed by atoms with E-state index in [4.69, 9.17) is 11.6 Å². The first-order valence-electron chi connectivity index (χ1n) is 6.35. The number of nitro benzene ring substituents is 2. The van der Waals surface area contributed by atoms with Gasteiger partial charge in [0.2, 0.25) is 5.82 Å². The van der Waals surface area contributed by atoms with Gasteiger partial charge in [-0.1, -0.05) is 11.6 Å². The first-order chi connectivity index (χ1) is 11.7. The van der Waals surface area contributed by atoms with Crippen LogP contribution < -0.4 is 0 Å². The molecule has 0 saturated carbocycles. The Balaban J connectivity index is 2.25. The van der Waals surface area contributed by atoms with Crippen molar-refractivity contribution >= 4 is 34.9 Å². The molecule has 2 aromatic carbocycles. The van der Waals surface area contributed by atoms with E-state index in [1.54, 1.807) is 0 Å². The van der Waals surface area contributed by atoms with E-state index in [-0.39, 0.29) is 10.6 Å². The fourth-order valence-corrected chi connectivity index (χ4v) is 1.95. The summed E-state index contributed by atoms with van der Waals surface area (Å²) in [5, 5.41) is 21.2. The zero-order chi connectivity index (χ0) is 18.7. The van der Waals surface area contributed by atoms with Gasteiger partial charge in [0.05, 0.1) is 21.0 Å². The Labute approximate surface area is 142 Å². The standard InChI is InChI=1S/C14H6ClFN2O7/c15-9-3-1-7(5-11(9)17(21)22)13(19)25-14(20)8-2-4-10(16)12(6-8)18(23)24/h1-6H. The quantitative estimate of drug-likeness (QED) is 0.350. The van der Waals surface area contributed by atoms with Crippen molar-refractivity contribution in [1.82, 2.24) is 0 Å². The molecule has 0 aromatic heterocycles. The van der Waals surface area contributed by atoms with Gasteiger partial charge in [0, 0.05) is 12.1 Å². The molecule has 0 unspecified atom stereocenters. The molecule has 0 atom stereocenters. The lowest BCUT2D eigenvalue weighted by Crippen LogP contribution is -2.13. The van der Waals surface area contributed by atoms with Crippen LogP contribution in [0.1, 0.15) is 20.7 Å². The zero-order valence-corrected chi connectivity index (χ0v) is 12.7. The van der Waals surface area contributed by atoms with Gasteiger partial charge < -0.3 is 4.74 Å². The molecular formula is C14H6ClFN2O7. The van der Waals surface area contributed by atoms with Crippen LogP contribution in [0.3, 0.4) is 0 Å². The maximum Gasteiger partial charge on any atom is 0.346 e. The summed E-state index contributed by atoms with van der Waals surface area (Å²) in [6.45, 7) is 0. The largest absolute Gasteiger partial charge is 0.386 e. The number of hydrogen-bond donors (Lipinski definition) is 0. The molecule has 25 heavy (non-hydrogen) atoms. The highest BCUT2D eigenvalue weighted by atomic mass is 35.5. The van der Waals surface area contributed by atoms with E-state index in [0.717, 1.165) is 24.3 Å². The molecule has 2 rings (SSSR count). The first kappa shape index (κ1) is 17.9. The van der Waals surface area contributed by atoms with Crippen LogP contribution in [0.4, 0.5) is 15.8 Å². The van der Waals surface area contributed by atoms with E-state index in [1.165, 1.54) is 0 Å². The summed E-state index contributed by atoms with van der Waals surface area (Å²) in [6, 6.07) is 5.15. The summed E-state index contributed by atoms with van der Waals surface area (Å²) in [4.78, 5) is 43.3. The van der Waals surface area contributed by atoms with Crippen LogP contribution in [0.25, 0.3) is 0 Å². The average molecular weight is 369 g/mol. The monoisotopic (exact) mass is 368 g/mol. The second kappa shape index (κ2) is 7.01. The van der Waals surface area contributed by atoms with Crippen LogP contribution in [0.2, 0.25) is 5.02 Å². The van der Waals surface area contributed by atoms with E-state index in [9.17, 15) is 34.2 Å². The smallest absolute Gasteiger partial charge is 0.346 e. The van der Waals surface area contributed by atoms with Crippen LogP contribution in [-0.4, -0.2) is 21.8 Å². The predicted octanol–water partition coefficient (Wildman–Crippen LogP) is 3.29. The number of benzene rings is 2. The molecule has 0 aliphatic heterocycles. The number of carbonyl (C=O) groups excluding carboxylic acids is 2. The maximum absolute atomic E-state index is 13.2. The van der Waals surface area contributed by atoms with Crippen LogP contribution in [0, 0.1) is 26.0 Å². The molecule has 0 amide bonds. The van der Waals surface area contributed by atoms with Gasteiger partial charge in [-0.25, -0.2) is 9.59 Å². The third kappa shape index (κ3) is 3.93. The highest BCUT2D eigenvalue weighted by Gasteiger charge is 2.22. The normalized spacial score (nSPS) is 10.2. The number of ether oxygens (including phenoxy) is 1. The Kier molecular flexibility index (Phi) is 5.03. The highest BCUT2D eigenvalue weighted by molar-refractivity contribution is 6.32. The van der Waals surface area contributed by atoms with Gasteiger partial charge in [0.1, 0.15) is 5.02 Å². The highest BCUT2D eigenvalue weighted by Crippen LogP contribution is 2.25. The molecule has 0 spiro atoms. The predicted molar refractivity (Wildman–Crippen MR) is 80.9 cm³/mol. The molecule has 0 N–H and O–H groups in total. The number of nitrogens with zero attached hydrogens (tertiary/aromatic N) is 2. The lowest BCUT2D eigenvalue weighted by atomic mass is 10.2. The summed E-state index contributed by atoms with van der Waals surface area (Å²) in [5.41, 5.74) is -2.31. The molecule has 0 radical (unpaired) electrons. The number of hydrogen-bond acceptors (Lipinski definition) is 7. The van der Waals surface area contributed by atoms with Crippen LogP contribution in [0.5, 0.6) is 0 Å². The molecule has 2 aromatic rings. The minimum absolute atomic E-state index is 0.220. The summed E-state index contributed by atoms with van der Waals surface area (Å²) >= 11 is 5.60. The molecular weight excluding hydrogens is 363 g/mol. The molecule has 128 valence electrons. The van der Waals surface area contributed by atoms with Gasteiger partial charge in [-0.3, -0.25) is 20.2 Å². The Morgan fingerprint density at radius 1 is 0.920 bits per heavy atom. The molecule has 0 saturated heterocycles. The van der Waals surface area contributed by atoms with Crippen molar-refractivity contribution in [3.05, 3.63) is 78.6 Å². The lowest BCUT2D eigenvalue weighted by Gasteiger charge is -2.04. The first-order valence-corrected chi connectivity index (χ1v) is 6.73. The summed E-state index contributed by atoms with van der Waals surface area (Å²) in [6.07, 6.45) is 0. The summed E-state index contributed by atoms with van der Waals surface area (Å²) < 4.78 is 17.7. The van der Waals surface area contributed by atoms with Crippen LogP contribution in [-0.2, 0) is 4.74 Å². The van der Waals surface area contributed by atoms with Gasteiger partial charge in [-0.05, 0) is 24.3 Å². The lowest BCUT2D eigenvalue weighted by molar-refractivity contribution is -0.387. The van der Waals surface area contributed by atoms with Crippen molar-refractivity contribution in [3.8, 4) is 0 Å². The third-order valence-corrected chi connectivity index (χ3v) is 3.26. The fraction of sp³-hybridized carbons (Fsp3) is 0. The van der Waals surface area contributed by atoms with Gasteiger partial charge >= 0.3 is 17.6 Å². The molecule has 0 heterocycles. The van der Waals surface area contributed by atoms with Crippen molar-refractivity contribution in [1.29, 1.82) is 0 Å².